The zero-order valence-electron chi connectivity index (χ0n) is 6.13. The predicted molar refractivity (Wildman–Crippen MR) is 32.8 cm³/mol. The van der Waals surface area contributed by atoms with Gasteiger partial charge in [0.15, 0.2) is 0 Å². The maximum absolute atomic E-state index is 8.81. The summed E-state index contributed by atoms with van der Waals surface area (Å²) in [4.78, 5) is 0. The Morgan fingerprint density at radius 2 is 1.90 bits per heavy atom. The van der Waals surface area contributed by atoms with E-state index < -0.39 is 0 Å². The fraction of sp³-hybridized carbons (Fsp3) is 0.143. The van der Waals surface area contributed by atoms with Gasteiger partial charge in [-0.05, 0) is 24.6 Å². The van der Waals surface area contributed by atoms with Gasteiger partial charge in [0.25, 0.3) is 0 Å². The summed E-state index contributed by atoms with van der Waals surface area (Å²) < 4.78 is 0. The summed E-state index contributed by atoms with van der Waals surface area (Å²) in [6.45, 7) is 1.94. The van der Waals surface area contributed by atoms with Crippen molar-refractivity contribution in [2.75, 3.05) is 0 Å². The van der Waals surface area contributed by atoms with Gasteiger partial charge in [0.05, 0.1) is 0 Å². The number of rotatable bonds is 0. The molecule has 10 heavy (non-hydrogen) atoms. The Morgan fingerprint density at radius 1 is 1.30 bits per heavy atom. The van der Waals surface area contributed by atoms with Gasteiger partial charge >= 0.3 is 51.4 Å². The second-order valence-corrected chi connectivity index (χ2v) is 1.84. The molecule has 0 aliphatic carbocycles. The van der Waals surface area contributed by atoms with E-state index in [1.165, 1.54) is 0 Å². The van der Waals surface area contributed by atoms with Gasteiger partial charge in [-0.2, -0.15) is 0 Å². The number of hydrogen-bond donors (Lipinski definition) is 1. The average molecular weight is 227 g/mol. The molecule has 0 radical (unpaired) electrons. The first-order valence-corrected chi connectivity index (χ1v) is 2.54. The first-order valence-electron chi connectivity index (χ1n) is 2.54. The van der Waals surface area contributed by atoms with Crippen molar-refractivity contribution in [3.8, 4) is 5.75 Å². The van der Waals surface area contributed by atoms with Crippen molar-refractivity contribution in [2.45, 2.75) is 6.92 Å². The number of hydrogen-bond acceptors (Lipinski definition) is 1. The van der Waals surface area contributed by atoms with Crippen LogP contribution in [0.1, 0.15) is 5.56 Å². The maximum Gasteiger partial charge on any atom is 1.00 e. The van der Waals surface area contributed by atoms with Gasteiger partial charge in [-0.15, -0.1) is 0 Å². The molecule has 0 amide bonds. The van der Waals surface area contributed by atoms with E-state index in [0.29, 0.717) is 5.75 Å². The van der Waals surface area contributed by atoms with E-state index in [0.717, 1.165) is 5.56 Å². The van der Waals surface area contributed by atoms with E-state index in [2.05, 4.69) is 0 Å². The minimum absolute atomic E-state index is 0. The van der Waals surface area contributed by atoms with E-state index in [1.807, 2.05) is 19.1 Å². The van der Waals surface area contributed by atoms with E-state index in [-0.39, 0.29) is 68.4 Å². The molecule has 1 aromatic rings. The van der Waals surface area contributed by atoms with Crippen molar-refractivity contribution in [1.82, 2.24) is 0 Å². The Hall–Kier alpha value is 1.14. The Labute approximate surface area is 114 Å². The molecular formula is C7H8BrKO. The van der Waals surface area contributed by atoms with Crippen LogP contribution in [-0.4, -0.2) is 5.11 Å². The predicted octanol–water partition coefficient (Wildman–Crippen LogP) is -4.29. The normalized spacial score (nSPS) is 7.30. The third-order valence-electron chi connectivity index (χ3n) is 1.00. The maximum atomic E-state index is 8.81. The second kappa shape index (κ2) is 6.82. The van der Waals surface area contributed by atoms with Crippen molar-refractivity contribution >= 4 is 0 Å². The molecule has 3 heteroatoms. The van der Waals surface area contributed by atoms with Crippen LogP contribution in [0, 0.1) is 6.92 Å². The Morgan fingerprint density at radius 3 is 2.20 bits per heavy atom. The molecule has 0 heterocycles. The summed E-state index contributed by atoms with van der Waals surface area (Å²) in [5.41, 5.74) is 1.09. The van der Waals surface area contributed by atoms with Crippen LogP contribution in [0.4, 0.5) is 0 Å². The van der Waals surface area contributed by atoms with Crippen LogP contribution in [0.2, 0.25) is 0 Å². The summed E-state index contributed by atoms with van der Waals surface area (Å²) in [6.07, 6.45) is 0. The Bertz CT molecular complexity index is 173. The molecule has 0 aliphatic rings. The molecular weight excluding hydrogens is 219 g/mol. The summed E-state index contributed by atoms with van der Waals surface area (Å²) in [5.74, 6) is 0.338. The summed E-state index contributed by atoms with van der Waals surface area (Å²) in [7, 11) is 0. The molecule has 1 nitrogen and oxygen atoms in total. The van der Waals surface area contributed by atoms with Gasteiger partial charge in [-0.25, -0.2) is 0 Å². The Balaban J connectivity index is 0. The van der Waals surface area contributed by atoms with E-state index >= 15 is 0 Å². The standard InChI is InChI=1S/C7H8O.BrH.K/c1-6-3-2-4-7(8)5-6;;/h2-5,8H,1H3;1H;/q;;+1/p-1. The number of halogens is 1. The van der Waals surface area contributed by atoms with Crippen molar-refractivity contribution in [3.05, 3.63) is 29.8 Å². The van der Waals surface area contributed by atoms with Crippen LogP contribution in [0.25, 0.3) is 0 Å². The van der Waals surface area contributed by atoms with Gasteiger partial charge in [-0.1, -0.05) is 12.1 Å². The molecule has 1 N–H and O–H groups in total. The number of benzene rings is 1. The molecule has 0 bridgehead atoms. The summed E-state index contributed by atoms with van der Waals surface area (Å²) in [6, 6.07) is 7.15. The number of phenols is 1. The van der Waals surface area contributed by atoms with Crippen LogP contribution in [0.5, 0.6) is 5.75 Å². The largest absolute Gasteiger partial charge is 1.00 e. The van der Waals surface area contributed by atoms with Crippen molar-refractivity contribution in [2.24, 2.45) is 0 Å². The molecule has 1 aromatic carbocycles. The van der Waals surface area contributed by atoms with Crippen LogP contribution in [0.3, 0.4) is 0 Å². The third kappa shape index (κ3) is 4.88. The van der Waals surface area contributed by atoms with E-state index in [9.17, 15) is 0 Å². The third-order valence-corrected chi connectivity index (χ3v) is 1.00. The van der Waals surface area contributed by atoms with Gasteiger partial charge < -0.3 is 22.1 Å². The molecule has 0 fully saturated rings. The van der Waals surface area contributed by atoms with E-state index in [4.69, 9.17) is 5.11 Å². The van der Waals surface area contributed by atoms with Crippen LogP contribution in [-0.2, 0) is 0 Å². The molecule has 0 unspecified atom stereocenters. The van der Waals surface area contributed by atoms with Gasteiger partial charge in [-0.3, -0.25) is 0 Å². The molecule has 0 spiro atoms. The summed E-state index contributed by atoms with van der Waals surface area (Å²) in [5, 5.41) is 8.81. The smallest absolute Gasteiger partial charge is 1.00 e. The number of aryl methyl sites for hydroxylation is 1. The molecule has 0 aliphatic heterocycles. The fourth-order valence-corrected chi connectivity index (χ4v) is 0.628. The zero-order valence-corrected chi connectivity index (χ0v) is 10.8. The zero-order chi connectivity index (χ0) is 5.98. The van der Waals surface area contributed by atoms with Gasteiger partial charge in [0.2, 0.25) is 0 Å². The van der Waals surface area contributed by atoms with Gasteiger partial charge in [0, 0.05) is 0 Å². The molecule has 0 saturated heterocycles. The Kier molecular flexibility index (Phi) is 9.35. The second-order valence-electron chi connectivity index (χ2n) is 1.84. The minimum Gasteiger partial charge on any atom is -1.00 e. The van der Waals surface area contributed by atoms with Crippen molar-refractivity contribution in [3.63, 3.8) is 0 Å². The molecule has 50 valence electrons. The number of phenolic OH excluding ortho intramolecular Hbond substituents is 1. The van der Waals surface area contributed by atoms with Crippen molar-refractivity contribution < 1.29 is 73.5 Å². The first kappa shape index (κ1) is 13.7. The van der Waals surface area contributed by atoms with Gasteiger partial charge in [0.1, 0.15) is 5.75 Å². The van der Waals surface area contributed by atoms with Crippen LogP contribution >= 0.6 is 0 Å². The number of aromatic hydroxyl groups is 1. The first-order chi connectivity index (χ1) is 3.79. The molecule has 0 atom stereocenters. The van der Waals surface area contributed by atoms with Crippen LogP contribution < -0.4 is 68.4 Å². The SMILES string of the molecule is Cc1cccc(O)c1.[Br-].[K+]. The summed E-state index contributed by atoms with van der Waals surface area (Å²) >= 11 is 0. The van der Waals surface area contributed by atoms with E-state index in [1.54, 1.807) is 12.1 Å². The molecule has 1 rings (SSSR count). The topological polar surface area (TPSA) is 20.2 Å². The average Bonchev–Trinajstić information content (AvgIpc) is 1.64. The molecule has 0 saturated carbocycles. The minimum atomic E-state index is 0. The van der Waals surface area contributed by atoms with Crippen LogP contribution in [0.15, 0.2) is 24.3 Å². The molecule has 0 aromatic heterocycles. The monoisotopic (exact) mass is 226 g/mol. The van der Waals surface area contributed by atoms with Crippen molar-refractivity contribution in [1.29, 1.82) is 0 Å². The quantitative estimate of drug-likeness (QED) is 0.445. The fourth-order valence-electron chi connectivity index (χ4n) is 0.628.